The molecule has 1 unspecified atom stereocenters. The second-order valence-electron chi connectivity index (χ2n) is 5.17. The molecule has 0 heterocycles. The number of anilines is 1. The van der Waals surface area contributed by atoms with E-state index in [4.69, 9.17) is 9.47 Å². The largest absolute Gasteiger partial charge is 0.492 e. The third kappa shape index (κ3) is 6.95. The zero-order valence-electron chi connectivity index (χ0n) is 14.1. The Morgan fingerprint density at radius 2 is 1.91 bits per heavy atom. The average Bonchev–Trinajstić information content (AvgIpc) is 2.49. The molecule has 0 bridgehead atoms. The van der Waals surface area contributed by atoms with Gasteiger partial charge in [-0.2, -0.15) is 0 Å². The van der Waals surface area contributed by atoms with Gasteiger partial charge in [-0.15, -0.1) is 11.8 Å². The predicted molar refractivity (Wildman–Crippen MR) is 94.0 cm³/mol. The summed E-state index contributed by atoms with van der Waals surface area (Å²) in [7, 11) is 0. The van der Waals surface area contributed by atoms with Crippen molar-refractivity contribution in [2.24, 2.45) is 0 Å². The lowest BCUT2D eigenvalue weighted by Crippen LogP contribution is -2.25. The van der Waals surface area contributed by atoms with E-state index in [1.54, 1.807) is 12.1 Å². The number of benzene rings is 1. The van der Waals surface area contributed by atoms with E-state index in [9.17, 15) is 9.59 Å². The van der Waals surface area contributed by atoms with E-state index in [0.717, 1.165) is 0 Å². The number of para-hydroxylation sites is 2. The topological polar surface area (TPSA) is 64.6 Å². The number of carbonyl (C=O) groups excluding carboxylic acids is 2. The van der Waals surface area contributed by atoms with Gasteiger partial charge >= 0.3 is 5.97 Å². The zero-order valence-corrected chi connectivity index (χ0v) is 14.9. The van der Waals surface area contributed by atoms with Crippen molar-refractivity contribution in [3.8, 4) is 5.75 Å². The second kappa shape index (κ2) is 10.2. The van der Waals surface area contributed by atoms with Gasteiger partial charge in [-0.25, -0.2) is 0 Å². The van der Waals surface area contributed by atoms with Crippen molar-refractivity contribution >= 4 is 29.3 Å². The first-order valence-corrected chi connectivity index (χ1v) is 8.86. The van der Waals surface area contributed by atoms with Crippen LogP contribution in [0.2, 0.25) is 0 Å². The maximum Gasteiger partial charge on any atom is 0.319 e. The third-order valence-corrected chi connectivity index (χ3v) is 4.22. The molecule has 1 rings (SSSR count). The lowest BCUT2D eigenvalue weighted by molar-refractivity contribution is -0.146. The van der Waals surface area contributed by atoms with Crippen molar-refractivity contribution in [2.45, 2.75) is 45.5 Å². The fourth-order valence-electron chi connectivity index (χ4n) is 1.87. The van der Waals surface area contributed by atoms with E-state index in [1.165, 1.54) is 11.8 Å². The Bertz CT molecular complexity index is 519. The first-order valence-electron chi connectivity index (χ1n) is 7.81. The highest BCUT2D eigenvalue weighted by molar-refractivity contribution is 8.01. The molecule has 128 valence electrons. The maximum atomic E-state index is 12.1. The molecule has 6 heteroatoms. The number of rotatable bonds is 9. The summed E-state index contributed by atoms with van der Waals surface area (Å²) in [6.07, 6.45) is 0.475. The van der Waals surface area contributed by atoms with Gasteiger partial charge in [0.05, 0.1) is 24.2 Å². The molecule has 5 nitrogen and oxygen atoms in total. The molecule has 1 aromatic carbocycles. The summed E-state index contributed by atoms with van der Waals surface area (Å²) in [5, 5.41) is 2.49. The van der Waals surface area contributed by atoms with E-state index < -0.39 is 0 Å². The monoisotopic (exact) mass is 339 g/mol. The van der Waals surface area contributed by atoms with Gasteiger partial charge in [-0.1, -0.05) is 19.1 Å². The van der Waals surface area contributed by atoms with Crippen molar-refractivity contribution in [2.75, 3.05) is 17.7 Å². The summed E-state index contributed by atoms with van der Waals surface area (Å²) < 4.78 is 10.7. The summed E-state index contributed by atoms with van der Waals surface area (Å²) in [5.74, 6) is 0.388. The maximum absolute atomic E-state index is 12.1. The van der Waals surface area contributed by atoms with Crippen LogP contribution in [0, 0.1) is 0 Å². The molecular formula is C17H25NO4S. The lowest BCUT2D eigenvalue weighted by atomic mass is 10.3. The Labute approximate surface area is 142 Å². The highest BCUT2D eigenvalue weighted by Gasteiger charge is 2.21. The molecule has 0 spiro atoms. The minimum absolute atomic E-state index is 0.149. The fourth-order valence-corrected chi connectivity index (χ4v) is 2.73. The van der Waals surface area contributed by atoms with Crippen molar-refractivity contribution in [1.82, 2.24) is 0 Å². The number of hydrogen-bond donors (Lipinski definition) is 1. The number of amides is 1. The first kappa shape index (κ1) is 19.4. The van der Waals surface area contributed by atoms with Crippen molar-refractivity contribution < 1.29 is 19.1 Å². The molecule has 0 aromatic heterocycles. The van der Waals surface area contributed by atoms with Crippen LogP contribution >= 0.6 is 11.8 Å². The van der Waals surface area contributed by atoms with E-state index in [2.05, 4.69) is 5.32 Å². The molecule has 0 aliphatic carbocycles. The quantitative estimate of drug-likeness (QED) is 0.698. The smallest absolute Gasteiger partial charge is 0.319 e. The first-order chi connectivity index (χ1) is 11.0. The highest BCUT2D eigenvalue weighted by atomic mass is 32.2. The molecular weight excluding hydrogens is 314 g/mol. The average molecular weight is 339 g/mol. The Kier molecular flexibility index (Phi) is 8.55. The van der Waals surface area contributed by atoms with Crippen LogP contribution in [0.25, 0.3) is 0 Å². The minimum atomic E-state index is -0.328. The Morgan fingerprint density at radius 1 is 1.22 bits per heavy atom. The molecule has 0 aliphatic heterocycles. The van der Waals surface area contributed by atoms with Gasteiger partial charge in [0.15, 0.2) is 0 Å². The van der Waals surface area contributed by atoms with Gasteiger partial charge in [-0.3, -0.25) is 9.59 Å². The van der Waals surface area contributed by atoms with Gasteiger partial charge in [0.25, 0.3) is 0 Å². The van der Waals surface area contributed by atoms with Crippen molar-refractivity contribution in [3.05, 3.63) is 24.3 Å². The Morgan fingerprint density at radius 3 is 2.52 bits per heavy atom. The van der Waals surface area contributed by atoms with E-state index in [0.29, 0.717) is 24.5 Å². The van der Waals surface area contributed by atoms with Gasteiger partial charge in [-0.05, 0) is 39.3 Å². The van der Waals surface area contributed by atoms with Crippen molar-refractivity contribution in [3.63, 3.8) is 0 Å². The van der Waals surface area contributed by atoms with Gasteiger partial charge in [0, 0.05) is 0 Å². The normalized spacial score (nSPS) is 11.9. The molecule has 1 atom stereocenters. The van der Waals surface area contributed by atoms with Crippen LogP contribution in [-0.2, 0) is 14.3 Å². The molecule has 0 aliphatic rings. The molecule has 23 heavy (non-hydrogen) atoms. The van der Waals surface area contributed by atoms with Crippen molar-refractivity contribution in [1.29, 1.82) is 0 Å². The third-order valence-electron chi connectivity index (χ3n) is 2.86. The van der Waals surface area contributed by atoms with Gasteiger partial charge in [0.1, 0.15) is 11.0 Å². The molecule has 1 amide bonds. The second-order valence-corrected chi connectivity index (χ2v) is 6.36. The summed E-state index contributed by atoms with van der Waals surface area (Å²) in [4.78, 5) is 24.0. The highest BCUT2D eigenvalue weighted by Crippen LogP contribution is 2.24. The van der Waals surface area contributed by atoms with E-state index >= 15 is 0 Å². The summed E-state index contributed by atoms with van der Waals surface area (Å²) in [6.45, 7) is 7.95. The van der Waals surface area contributed by atoms with Crippen LogP contribution in [0.5, 0.6) is 5.75 Å². The lowest BCUT2D eigenvalue weighted by Gasteiger charge is -2.16. The van der Waals surface area contributed by atoms with Gasteiger partial charge < -0.3 is 14.8 Å². The molecule has 1 aromatic rings. The molecule has 0 saturated heterocycles. The number of esters is 1. The van der Waals surface area contributed by atoms with E-state index in [1.807, 2.05) is 39.8 Å². The minimum Gasteiger partial charge on any atom is -0.492 e. The van der Waals surface area contributed by atoms with Crippen LogP contribution in [0.4, 0.5) is 5.69 Å². The van der Waals surface area contributed by atoms with Gasteiger partial charge in [0.2, 0.25) is 5.91 Å². The van der Waals surface area contributed by atoms with Crippen LogP contribution < -0.4 is 10.1 Å². The molecule has 1 N–H and O–H groups in total. The summed E-state index contributed by atoms with van der Waals surface area (Å²) in [5.41, 5.74) is 0.637. The molecule has 0 fully saturated rings. The van der Waals surface area contributed by atoms with Crippen LogP contribution in [0.15, 0.2) is 24.3 Å². The Hall–Kier alpha value is -1.69. The fraction of sp³-hybridized carbons (Fsp3) is 0.529. The number of hydrogen-bond acceptors (Lipinski definition) is 5. The number of nitrogens with one attached hydrogen (secondary N) is 1. The number of thioether (sulfide) groups is 1. The molecule has 0 saturated carbocycles. The van der Waals surface area contributed by atoms with E-state index in [-0.39, 0.29) is 29.0 Å². The van der Waals surface area contributed by atoms with Crippen LogP contribution in [0.1, 0.15) is 34.1 Å². The van der Waals surface area contributed by atoms with Crippen LogP contribution in [0.3, 0.4) is 0 Å². The predicted octanol–water partition coefficient (Wildman–Crippen LogP) is 3.49. The van der Waals surface area contributed by atoms with Crippen LogP contribution in [-0.4, -0.2) is 35.6 Å². The zero-order chi connectivity index (χ0) is 17.2. The number of ether oxygens (including phenoxy) is 2. The number of carbonyl (C=O) groups is 2. The standard InChI is InChI=1S/C17H25NO4S/c1-5-15(17(20)22-12(3)4)23-11-16(19)18-13-9-7-8-10-14(13)21-6-2/h7-10,12,15H,5-6,11H2,1-4H3,(H,18,19). The summed E-state index contributed by atoms with van der Waals surface area (Å²) in [6, 6.07) is 7.28. The Balaban J connectivity index is 2.55. The SMILES string of the molecule is CCOc1ccccc1NC(=O)CSC(CC)C(=O)OC(C)C. The summed E-state index contributed by atoms with van der Waals surface area (Å²) >= 11 is 1.29. The molecule has 0 radical (unpaired) electrons.